The summed E-state index contributed by atoms with van der Waals surface area (Å²) >= 11 is 0. The van der Waals surface area contributed by atoms with Crippen molar-refractivity contribution in [2.75, 3.05) is 31.3 Å². The summed E-state index contributed by atoms with van der Waals surface area (Å²) in [4.78, 5) is 27.1. The van der Waals surface area contributed by atoms with Gasteiger partial charge in [-0.15, -0.1) is 0 Å². The van der Waals surface area contributed by atoms with Crippen molar-refractivity contribution < 1.29 is 18.3 Å². The Labute approximate surface area is 249 Å². The van der Waals surface area contributed by atoms with E-state index in [2.05, 4.69) is 15.3 Å². The lowest BCUT2D eigenvalue weighted by atomic mass is 10.1. The highest BCUT2D eigenvalue weighted by Gasteiger charge is 2.19. The molecule has 11 nitrogen and oxygen atoms in total. The van der Waals surface area contributed by atoms with E-state index >= 15 is 0 Å². The van der Waals surface area contributed by atoms with Crippen LogP contribution < -0.4 is 22.1 Å². The molecule has 6 rings (SSSR count). The minimum atomic E-state index is -0.741. The maximum atomic E-state index is 13.8. The van der Waals surface area contributed by atoms with Crippen molar-refractivity contribution in [3.8, 4) is 11.3 Å². The summed E-state index contributed by atoms with van der Waals surface area (Å²) in [7, 11) is 0. The van der Waals surface area contributed by atoms with E-state index in [1.165, 1.54) is 28.0 Å². The monoisotopic (exact) mass is 598 g/mol. The first-order chi connectivity index (χ1) is 21.2. The van der Waals surface area contributed by atoms with Gasteiger partial charge in [0.15, 0.2) is 0 Å². The molecule has 0 aliphatic carbocycles. The fraction of sp³-hybridized carbons (Fsp3) is 0.161. The largest absolute Gasteiger partial charge is 0.396 e. The Morgan fingerprint density at radius 3 is 2.45 bits per heavy atom. The summed E-state index contributed by atoms with van der Waals surface area (Å²) in [6.07, 6.45) is 1.52. The number of rotatable bonds is 7. The van der Waals surface area contributed by atoms with Gasteiger partial charge in [-0.25, -0.2) is 19.3 Å². The molecule has 0 atom stereocenters. The Bertz CT molecular complexity index is 1910. The zero-order chi connectivity index (χ0) is 30.8. The van der Waals surface area contributed by atoms with E-state index < -0.39 is 11.6 Å². The topological polar surface area (TPSA) is 148 Å². The third-order valence-electron chi connectivity index (χ3n) is 7.25. The van der Waals surface area contributed by atoms with E-state index in [1.807, 2.05) is 12.1 Å². The minimum absolute atomic E-state index is 0.0654. The number of hydrogen-bond donors (Lipinski definition) is 3. The van der Waals surface area contributed by atoms with Crippen LogP contribution in [0.5, 0.6) is 0 Å². The fourth-order valence-electron chi connectivity index (χ4n) is 4.98. The zero-order valence-electron chi connectivity index (χ0n) is 23.4. The summed E-state index contributed by atoms with van der Waals surface area (Å²) in [5.41, 5.74) is 9.80. The van der Waals surface area contributed by atoms with Crippen LogP contribution >= 0.6 is 0 Å². The first-order valence-corrected chi connectivity index (χ1v) is 13.8. The van der Waals surface area contributed by atoms with Crippen molar-refractivity contribution in [3.63, 3.8) is 0 Å². The molecular formula is C31H28F2N8O3. The number of nitrogens with two attached hydrogens (primary N) is 2. The van der Waals surface area contributed by atoms with E-state index in [0.717, 1.165) is 23.8 Å². The first-order valence-electron chi connectivity index (χ1n) is 13.8. The number of benzene rings is 3. The number of nitrogens with zero attached hydrogens (tertiary/aromatic N) is 5. The average Bonchev–Trinajstić information content (AvgIpc) is 3.45. The second-order valence-corrected chi connectivity index (χ2v) is 10.3. The van der Waals surface area contributed by atoms with Gasteiger partial charge in [0.1, 0.15) is 17.3 Å². The van der Waals surface area contributed by atoms with Crippen LogP contribution in [0.1, 0.15) is 21.6 Å². The highest BCUT2D eigenvalue weighted by molar-refractivity contribution is 5.95. The number of nitrogens with one attached hydrogen (secondary N) is 1. The number of amides is 1. The number of hydrogen-bond acceptors (Lipinski definition) is 8. The Morgan fingerprint density at radius 1 is 1.00 bits per heavy atom. The Kier molecular flexibility index (Phi) is 7.87. The van der Waals surface area contributed by atoms with Crippen molar-refractivity contribution in [2.24, 2.45) is 11.6 Å². The van der Waals surface area contributed by atoms with Crippen LogP contribution in [0.2, 0.25) is 0 Å². The Morgan fingerprint density at radius 2 is 1.73 bits per heavy atom. The molecule has 1 aliphatic rings. The third-order valence-corrected chi connectivity index (χ3v) is 7.25. The van der Waals surface area contributed by atoms with Crippen molar-refractivity contribution in [1.29, 1.82) is 0 Å². The summed E-state index contributed by atoms with van der Waals surface area (Å²) in [5, 5.41) is 13.6. The second kappa shape index (κ2) is 12.1. The molecule has 5 N–H and O–H groups in total. The molecule has 0 saturated carbocycles. The number of hydrazine groups is 1. The molecule has 1 saturated heterocycles. The lowest BCUT2D eigenvalue weighted by molar-refractivity contribution is 0.0303. The van der Waals surface area contributed by atoms with Crippen LogP contribution in [0.4, 0.5) is 14.5 Å². The predicted octanol–water partition coefficient (Wildman–Crippen LogP) is 3.22. The van der Waals surface area contributed by atoms with Crippen LogP contribution in [0.15, 0.2) is 83.8 Å². The predicted molar refractivity (Wildman–Crippen MR) is 161 cm³/mol. The normalized spacial score (nSPS) is 13.8. The van der Waals surface area contributed by atoms with E-state index in [9.17, 15) is 18.4 Å². The molecule has 3 aromatic carbocycles. The van der Waals surface area contributed by atoms with Crippen molar-refractivity contribution in [2.45, 2.75) is 6.54 Å². The van der Waals surface area contributed by atoms with Gasteiger partial charge in [-0.1, -0.05) is 6.07 Å². The van der Waals surface area contributed by atoms with Crippen molar-refractivity contribution in [3.05, 3.63) is 118 Å². The van der Waals surface area contributed by atoms with Crippen molar-refractivity contribution >= 4 is 28.2 Å². The highest BCUT2D eigenvalue weighted by atomic mass is 19.1. The quantitative estimate of drug-likeness (QED) is 0.191. The van der Waals surface area contributed by atoms with E-state index in [-0.39, 0.29) is 35.0 Å². The molecule has 0 spiro atoms. The molecule has 0 unspecified atom stereocenters. The summed E-state index contributed by atoms with van der Waals surface area (Å²) < 4.78 is 34.0. The van der Waals surface area contributed by atoms with Gasteiger partial charge in [-0.05, 0) is 60.2 Å². The second-order valence-electron chi connectivity index (χ2n) is 10.3. The van der Waals surface area contributed by atoms with Gasteiger partial charge in [0.05, 0.1) is 42.4 Å². The smallest absolute Gasteiger partial charge is 0.267 e. The molecule has 0 bridgehead atoms. The third kappa shape index (κ3) is 6.04. The zero-order valence-corrected chi connectivity index (χ0v) is 23.4. The molecule has 2 aromatic heterocycles. The molecule has 1 amide bonds. The molecule has 1 fully saturated rings. The van der Waals surface area contributed by atoms with Gasteiger partial charge in [-0.3, -0.25) is 19.7 Å². The van der Waals surface area contributed by atoms with Crippen molar-refractivity contribution in [1.82, 2.24) is 24.9 Å². The van der Waals surface area contributed by atoms with Crippen LogP contribution in [0.25, 0.3) is 27.9 Å². The summed E-state index contributed by atoms with van der Waals surface area (Å²) in [5.74, 6) is 4.73. The first kappa shape index (κ1) is 28.7. The standard InChI is InChI=1S/C31H28F2N8O3/c32-22-14-21(15-23(33)16-22)27-7-8-29(42)41(38-27)17-19-1-6-28-25(13-19)30(37-36-28)26(34)18-40(35)24-4-2-20(3-5-24)31(43)39-9-11-44-12-10-39/h1-8,13-16,18H,9-12,17,34-35H2,(H,36,37)/b26-18-. The summed E-state index contributed by atoms with van der Waals surface area (Å²) in [6.45, 7) is 2.24. The number of carbonyl (C=O) groups excluding carboxylic acids is 1. The number of ether oxygens (including phenoxy) is 1. The Balaban J connectivity index is 1.22. The van der Waals surface area contributed by atoms with Gasteiger partial charge in [-0.2, -0.15) is 10.2 Å². The maximum absolute atomic E-state index is 13.8. The van der Waals surface area contributed by atoms with Crippen LogP contribution in [-0.4, -0.2) is 57.1 Å². The molecule has 44 heavy (non-hydrogen) atoms. The number of halogens is 2. The number of anilines is 1. The molecule has 0 radical (unpaired) electrons. The summed E-state index contributed by atoms with van der Waals surface area (Å²) in [6, 6.07) is 18.1. The number of aromatic amines is 1. The maximum Gasteiger partial charge on any atom is 0.267 e. The van der Waals surface area contributed by atoms with Gasteiger partial charge in [0.2, 0.25) is 0 Å². The fourth-order valence-corrected chi connectivity index (χ4v) is 4.98. The molecule has 1 aliphatic heterocycles. The van der Waals surface area contributed by atoms with Gasteiger partial charge in [0.25, 0.3) is 11.5 Å². The number of H-pyrrole nitrogens is 1. The number of carbonyl (C=O) groups is 1. The molecule has 3 heterocycles. The average molecular weight is 599 g/mol. The number of aromatic nitrogens is 4. The SMILES string of the molecule is N/C(=C\N(N)c1ccc(C(=O)N2CCOCC2)cc1)c1n[nH]c2ccc(Cn3nc(-c4cc(F)cc(F)c4)ccc3=O)cc12. The van der Waals surface area contributed by atoms with E-state index in [0.29, 0.717) is 54.2 Å². The molecule has 5 aromatic rings. The molecule has 224 valence electrons. The minimum Gasteiger partial charge on any atom is -0.396 e. The van der Waals surface area contributed by atoms with Gasteiger partial charge < -0.3 is 15.4 Å². The van der Waals surface area contributed by atoms with Crippen LogP contribution in [0, 0.1) is 11.6 Å². The Hall–Kier alpha value is -5.40. The van der Waals surface area contributed by atoms with Crippen LogP contribution in [0.3, 0.4) is 0 Å². The molecule has 13 heteroatoms. The lowest BCUT2D eigenvalue weighted by Crippen LogP contribution is -2.40. The lowest BCUT2D eigenvalue weighted by Gasteiger charge is -2.27. The number of morpholine rings is 1. The van der Waals surface area contributed by atoms with E-state index in [1.54, 1.807) is 35.2 Å². The number of fused-ring (bicyclic) bond motifs is 1. The highest BCUT2D eigenvalue weighted by Crippen LogP contribution is 2.24. The molecular weight excluding hydrogens is 570 g/mol. The van der Waals surface area contributed by atoms with Gasteiger partial charge >= 0.3 is 0 Å². The van der Waals surface area contributed by atoms with Gasteiger partial charge in [0, 0.05) is 47.9 Å². The van der Waals surface area contributed by atoms with Crippen LogP contribution in [-0.2, 0) is 11.3 Å². The van der Waals surface area contributed by atoms with E-state index in [4.69, 9.17) is 16.3 Å².